The van der Waals surface area contributed by atoms with E-state index in [0.717, 1.165) is 38.8 Å². The van der Waals surface area contributed by atoms with Crippen molar-refractivity contribution in [1.82, 2.24) is 14.7 Å². The van der Waals surface area contributed by atoms with Crippen LogP contribution in [0.2, 0.25) is 0 Å². The number of halogens is 1. The number of hydrogen-bond donors (Lipinski definition) is 1. The molecule has 0 aliphatic carbocycles. The molecule has 23 heavy (non-hydrogen) atoms. The Bertz CT molecular complexity index is 644. The number of carbonyl (C=O) groups excluding carboxylic acids is 1. The van der Waals surface area contributed by atoms with Crippen LogP contribution >= 0.6 is 0 Å². The number of hydrogen-bond acceptors (Lipinski definition) is 2. The molecule has 1 N–H and O–H groups in total. The van der Waals surface area contributed by atoms with E-state index in [1.807, 2.05) is 21.8 Å². The van der Waals surface area contributed by atoms with Crippen LogP contribution in [0.5, 0.6) is 0 Å². The SMILES string of the molecule is O=C(Nc1cccc(F)c1)N1CCCC[C@@H]1CCn1cccn1. The van der Waals surface area contributed by atoms with E-state index in [1.54, 1.807) is 18.3 Å². The molecule has 1 aromatic heterocycles. The summed E-state index contributed by atoms with van der Waals surface area (Å²) in [5, 5.41) is 7.00. The molecule has 1 aliphatic rings. The first kappa shape index (κ1) is 15.5. The molecule has 0 unspecified atom stereocenters. The van der Waals surface area contributed by atoms with Crippen molar-refractivity contribution < 1.29 is 9.18 Å². The van der Waals surface area contributed by atoms with Crippen molar-refractivity contribution >= 4 is 11.7 Å². The number of aromatic nitrogens is 2. The zero-order valence-corrected chi connectivity index (χ0v) is 13.0. The Kier molecular flexibility index (Phi) is 4.90. The Morgan fingerprint density at radius 2 is 2.26 bits per heavy atom. The fourth-order valence-corrected chi connectivity index (χ4v) is 3.04. The van der Waals surface area contributed by atoms with Gasteiger partial charge in [0, 0.05) is 37.2 Å². The van der Waals surface area contributed by atoms with E-state index in [2.05, 4.69) is 10.4 Å². The molecule has 3 rings (SSSR count). The number of nitrogens with one attached hydrogen (secondary N) is 1. The fraction of sp³-hybridized carbons (Fsp3) is 0.412. The number of carbonyl (C=O) groups is 1. The van der Waals surface area contributed by atoms with Crippen LogP contribution in [0.25, 0.3) is 0 Å². The third-order valence-corrected chi connectivity index (χ3v) is 4.21. The molecule has 1 fully saturated rings. The van der Waals surface area contributed by atoms with Crippen molar-refractivity contribution in [1.29, 1.82) is 0 Å². The van der Waals surface area contributed by atoms with Crippen molar-refractivity contribution in [3.8, 4) is 0 Å². The first-order valence-electron chi connectivity index (χ1n) is 8.03. The third kappa shape index (κ3) is 4.09. The van der Waals surface area contributed by atoms with E-state index in [-0.39, 0.29) is 17.9 Å². The summed E-state index contributed by atoms with van der Waals surface area (Å²) in [4.78, 5) is 14.4. The van der Waals surface area contributed by atoms with Gasteiger partial charge in [-0.3, -0.25) is 4.68 Å². The first-order valence-corrected chi connectivity index (χ1v) is 8.03. The molecule has 1 aliphatic heterocycles. The highest BCUT2D eigenvalue weighted by molar-refractivity contribution is 5.89. The summed E-state index contributed by atoms with van der Waals surface area (Å²) in [5.41, 5.74) is 0.492. The van der Waals surface area contributed by atoms with Crippen LogP contribution in [0.3, 0.4) is 0 Å². The maximum Gasteiger partial charge on any atom is 0.322 e. The first-order chi connectivity index (χ1) is 11.2. The monoisotopic (exact) mass is 316 g/mol. The smallest absolute Gasteiger partial charge is 0.321 e. The van der Waals surface area contributed by atoms with Crippen molar-refractivity contribution in [2.75, 3.05) is 11.9 Å². The molecule has 2 heterocycles. The number of piperidine rings is 1. The zero-order valence-electron chi connectivity index (χ0n) is 13.0. The number of amides is 2. The number of rotatable bonds is 4. The lowest BCUT2D eigenvalue weighted by Gasteiger charge is -2.35. The van der Waals surface area contributed by atoms with Crippen LogP contribution in [0.1, 0.15) is 25.7 Å². The maximum absolute atomic E-state index is 13.2. The summed E-state index contributed by atoms with van der Waals surface area (Å²) < 4.78 is 15.1. The van der Waals surface area contributed by atoms with Crippen LogP contribution in [-0.2, 0) is 6.54 Å². The lowest BCUT2D eigenvalue weighted by molar-refractivity contribution is 0.154. The maximum atomic E-state index is 13.2. The predicted octanol–water partition coefficient (Wildman–Crippen LogP) is 3.50. The minimum absolute atomic E-state index is 0.152. The summed E-state index contributed by atoms with van der Waals surface area (Å²) in [7, 11) is 0. The molecule has 0 radical (unpaired) electrons. The van der Waals surface area contributed by atoms with Gasteiger partial charge in [0.1, 0.15) is 5.82 Å². The molecule has 0 spiro atoms. The predicted molar refractivity (Wildman–Crippen MR) is 86.6 cm³/mol. The van der Waals surface area contributed by atoms with Crippen molar-refractivity contribution in [3.05, 3.63) is 48.5 Å². The molecule has 0 bridgehead atoms. The lowest BCUT2D eigenvalue weighted by atomic mass is 10.00. The van der Waals surface area contributed by atoms with E-state index in [4.69, 9.17) is 0 Å². The van der Waals surface area contributed by atoms with E-state index in [0.29, 0.717) is 5.69 Å². The zero-order chi connectivity index (χ0) is 16.1. The van der Waals surface area contributed by atoms with Crippen LogP contribution in [0.4, 0.5) is 14.9 Å². The van der Waals surface area contributed by atoms with Crippen LogP contribution < -0.4 is 5.32 Å². The van der Waals surface area contributed by atoms with Gasteiger partial charge in [-0.05, 0) is 49.9 Å². The minimum Gasteiger partial charge on any atom is -0.321 e. The van der Waals surface area contributed by atoms with Gasteiger partial charge in [0.05, 0.1) is 0 Å². The molecule has 122 valence electrons. The molecule has 1 saturated heterocycles. The molecule has 1 atom stereocenters. The Balaban J connectivity index is 1.61. The fourth-order valence-electron chi connectivity index (χ4n) is 3.04. The van der Waals surface area contributed by atoms with Gasteiger partial charge in [0.2, 0.25) is 0 Å². The van der Waals surface area contributed by atoms with Gasteiger partial charge < -0.3 is 10.2 Å². The molecular formula is C17H21FN4O. The van der Waals surface area contributed by atoms with Gasteiger partial charge in [0.15, 0.2) is 0 Å². The number of benzene rings is 1. The quantitative estimate of drug-likeness (QED) is 0.938. The summed E-state index contributed by atoms with van der Waals surface area (Å²) in [6, 6.07) is 7.93. The van der Waals surface area contributed by atoms with Gasteiger partial charge in [-0.2, -0.15) is 5.10 Å². The van der Waals surface area contributed by atoms with Gasteiger partial charge in [-0.15, -0.1) is 0 Å². The van der Waals surface area contributed by atoms with E-state index >= 15 is 0 Å². The molecule has 0 saturated carbocycles. The van der Waals surface area contributed by atoms with Crippen LogP contribution in [0.15, 0.2) is 42.7 Å². The second-order valence-corrected chi connectivity index (χ2v) is 5.84. The van der Waals surface area contributed by atoms with Crippen LogP contribution in [0, 0.1) is 5.82 Å². The Morgan fingerprint density at radius 3 is 3.04 bits per heavy atom. The average molecular weight is 316 g/mol. The largest absolute Gasteiger partial charge is 0.322 e. The van der Waals surface area contributed by atoms with Gasteiger partial charge >= 0.3 is 6.03 Å². The molecular weight excluding hydrogens is 295 g/mol. The minimum atomic E-state index is -0.350. The second-order valence-electron chi connectivity index (χ2n) is 5.84. The topological polar surface area (TPSA) is 50.2 Å². The van der Waals surface area contributed by atoms with E-state index < -0.39 is 0 Å². The van der Waals surface area contributed by atoms with E-state index in [9.17, 15) is 9.18 Å². The Morgan fingerprint density at radius 1 is 1.35 bits per heavy atom. The number of nitrogens with zero attached hydrogens (tertiary/aromatic N) is 3. The molecule has 6 heteroatoms. The normalized spacial score (nSPS) is 18.0. The van der Waals surface area contributed by atoms with Crippen molar-refractivity contribution in [3.63, 3.8) is 0 Å². The van der Waals surface area contributed by atoms with Gasteiger partial charge in [-0.1, -0.05) is 6.07 Å². The standard InChI is InChI=1S/C17H21FN4O/c18-14-5-3-6-15(13-14)20-17(23)22-11-2-1-7-16(22)8-12-21-10-4-9-19-21/h3-6,9-10,13,16H,1-2,7-8,11-12H2,(H,20,23)/t16-/m1/s1. The number of anilines is 1. The molecule has 2 amide bonds. The Labute approximate surface area is 135 Å². The number of urea groups is 1. The summed E-state index contributed by atoms with van der Waals surface area (Å²) in [5.74, 6) is -0.350. The summed E-state index contributed by atoms with van der Waals surface area (Å²) in [6.07, 6.45) is 7.70. The highest BCUT2D eigenvalue weighted by atomic mass is 19.1. The highest BCUT2D eigenvalue weighted by Gasteiger charge is 2.26. The van der Waals surface area contributed by atoms with E-state index in [1.165, 1.54) is 12.1 Å². The summed E-state index contributed by atoms with van der Waals surface area (Å²) in [6.45, 7) is 1.53. The molecule has 5 nitrogen and oxygen atoms in total. The van der Waals surface area contributed by atoms with Crippen LogP contribution in [-0.4, -0.2) is 33.3 Å². The summed E-state index contributed by atoms with van der Waals surface area (Å²) >= 11 is 0. The highest BCUT2D eigenvalue weighted by Crippen LogP contribution is 2.21. The van der Waals surface area contributed by atoms with Crippen molar-refractivity contribution in [2.45, 2.75) is 38.3 Å². The average Bonchev–Trinajstić information content (AvgIpc) is 3.06. The number of aryl methyl sites for hydroxylation is 1. The molecule has 1 aromatic carbocycles. The Hall–Kier alpha value is -2.37. The number of likely N-dealkylation sites (tertiary alicyclic amines) is 1. The van der Waals surface area contributed by atoms with Crippen molar-refractivity contribution in [2.24, 2.45) is 0 Å². The lowest BCUT2D eigenvalue weighted by Crippen LogP contribution is -2.46. The van der Waals surface area contributed by atoms with Gasteiger partial charge in [-0.25, -0.2) is 9.18 Å². The molecule has 2 aromatic rings. The second kappa shape index (κ2) is 7.26. The van der Waals surface area contributed by atoms with Gasteiger partial charge in [0.25, 0.3) is 0 Å². The third-order valence-electron chi connectivity index (χ3n) is 4.21.